The quantitative estimate of drug-likeness (QED) is 0.399. The van der Waals surface area contributed by atoms with E-state index in [0.29, 0.717) is 15.9 Å². The van der Waals surface area contributed by atoms with E-state index in [4.69, 9.17) is 28.9 Å². The number of fused-ring (bicyclic) bond motifs is 1. The fourth-order valence-corrected chi connectivity index (χ4v) is 3.53. The third kappa shape index (κ3) is 3.57. The zero-order valence-corrected chi connectivity index (χ0v) is 16.8. The molecule has 0 aliphatic heterocycles. The van der Waals surface area contributed by atoms with Crippen LogP contribution >= 0.6 is 23.2 Å². The van der Waals surface area contributed by atoms with Crippen molar-refractivity contribution in [2.45, 2.75) is 0 Å². The van der Waals surface area contributed by atoms with E-state index in [1.165, 1.54) is 0 Å². The number of aromatic amines is 1. The number of amides is 1. The Morgan fingerprint density at radius 3 is 2.79 bits per heavy atom. The monoisotopic (exact) mass is 426 g/mol. The summed E-state index contributed by atoms with van der Waals surface area (Å²) in [6.45, 7) is 0. The van der Waals surface area contributed by atoms with Crippen LogP contribution in [-0.4, -0.2) is 26.9 Å². The molecule has 29 heavy (non-hydrogen) atoms. The third-order valence-corrected chi connectivity index (χ3v) is 5.17. The van der Waals surface area contributed by atoms with Gasteiger partial charge in [0, 0.05) is 40.4 Å². The minimum atomic E-state index is -0.667. The Morgan fingerprint density at radius 2 is 2.03 bits per heavy atom. The molecule has 0 saturated heterocycles. The summed E-state index contributed by atoms with van der Waals surface area (Å²) in [7, 11) is 1.88. The van der Waals surface area contributed by atoms with Crippen LogP contribution in [0, 0.1) is 0 Å². The molecular weight excluding hydrogens is 411 g/mol. The van der Waals surface area contributed by atoms with E-state index in [-0.39, 0.29) is 17.2 Å². The highest BCUT2D eigenvalue weighted by Crippen LogP contribution is 2.30. The van der Waals surface area contributed by atoms with Crippen molar-refractivity contribution in [3.05, 3.63) is 69.8 Å². The molecule has 7 nitrogen and oxygen atoms in total. The Hall–Kier alpha value is -3.29. The van der Waals surface area contributed by atoms with Gasteiger partial charge in [0.15, 0.2) is 11.6 Å². The molecule has 2 heterocycles. The summed E-state index contributed by atoms with van der Waals surface area (Å²) >= 11 is 12.5. The number of nitrogens with two attached hydrogens (primary N) is 1. The summed E-state index contributed by atoms with van der Waals surface area (Å²) in [6, 6.07) is 14.8. The largest absolute Gasteiger partial charge is 0.365 e. The zero-order valence-electron chi connectivity index (χ0n) is 15.3. The van der Waals surface area contributed by atoms with Crippen LogP contribution in [0.5, 0.6) is 0 Å². The molecule has 4 aromatic rings. The molecule has 2 aromatic heterocycles. The van der Waals surface area contributed by atoms with E-state index in [9.17, 15) is 4.79 Å². The smallest absolute Gasteiger partial charge is 0.256 e. The van der Waals surface area contributed by atoms with Gasteiger partial charge in [0.05, 0.1) is 0 Å². The van der Waals surface area contributed by atoms with Crippen molar-refractivity contribution in [3.8, 4) is 0 Å². The first-order chi connectivity index (χ1) is 14.0. The number of primary amides is 1. The van der Waals surface area contributed by atoms with E-state index >= 15 is 0 Å². The second kappa shape index (κ2) is 7.62. The normalized spacial score (nSPS) is 11.4. The average Bonchev–Trinajstić information content (AvgIpc) is 3.20. The van der Waals surface area contributed by atoms with Gasteiger partial charge in [-0.15, -0.1) is 0 Å². The maximum absolute atomic E-state index is 12.0. The molecule has 0 aliphatic rings. The second-order valence-electron chi connectivity index (χ2n) is 6.33. The molecule has 9 heteroatoms. The molecule has 0 atom stereocenters. The number of aryl methyl sites for hydroxylation is 1. The number of nitrogens with zero attached hydrogens (tertiary/aromatic N) is 3. The van der Waals surface area contributed by atoms with Crippen molar-refractivity contribution in [1.29, 1.82) is 0 Å². The average molecular weight is 427 g/mol. The Bertz CT molecular complexity index is 1260. The molecular formula is C20H16Cl2N6O. The lowest BCUT2D eigenvalue weighted by Gasteiger charge is -2.04. The number of hydrogen-bond donors (Lipinski definition) is 3. The molecule has 0 fully saturated rings. The number of carbonyl (C=O) groups excluding carboxylic acids is 1. The number of nitrogens with one attached hydrogen (secondary N) is 2. The van der Waals surface area contributed by atoms with Crippen LogP contribution in [0.1, 0.15) is 15.9 Å². The molecule has 0 saturated carbocycles. The Kier molecular flexibility index (Phi) is 5.00. The van der Waals surface area contributed by atoms with Gasteiger partial charge in [0.25, 0.3) is 5.91 Å². The first-order valence-electron chi connectivity index (χ1n) is 8.63. The Labute approximate surface area is 176 Å². The zero-order chi connectivity index (χ0) is 20.5. The van der Waals surface area contributed by atoms with Crippen LogP contribution in [0.3, 0.4) is 0 Å². The molecule has 0 unspecified atom stereocenters. The maximum atomic E-state index is 12.0. The first kappa shape index (κ1) is 19.0. The van der Waals surface area contributed by atoms with Crippen molar-refractivity contribution in [3.63, 3.8) is 0 Å². The summed E-state index contributed by atoms with van der Waals surface area (Å²) in [5.74, 6) is -0.179. The SMILES string of the molecule is Cn1c(Cl)c(/C=N/c2[nH]nc(Nc3cccc(Cl)c3)c2C(N)=O)c2ccccc21. The molecule has 4 N–H and O–H groups in total. The molecule has 0 aliphatic carbocycles. The number of H-pyrrole nitrogens is 1. The van der Waals surface area contributed by atoms with Gasteiger partial charge < -0.3 is 15.6 Å². The lowest BCUT2D eigenvalue weighted by atomic mass is 10.2. The van der Waals surface area contributed by atoms with Crippen molar-refractivity contribution in [1.82, 2.24) is 14.8 Å². The van der Waals surface area contributed by atoms with Gasteiger partial charge in [-0.3, -0.25) is 9.89 Å². The second-order valence-corrected chi connectivity index (χ2v) is 7.13. The standard InChI is InChI=1S/C20H16Cl2N6O/c1-28-15-8-3-2-7-13(15)14(17(28)22)10-24-19-16(18(23)29)20(27-26-19)25-12-6-4-5-11(21)9-12/h2-10H,1H3,(H2,23,29)(H2,25,26,27)/b24-10+. The summed E-state index contributed by atoms with van der Waals surface area (Å²) < 4.78 is 1.87. The topological polar surface area (TPSA) is 101 Å². The van der Waals surface area contributed by atoms with Crippen molar-refractivity contribution < 1.29 is 4.79 Å². The first-order valence-corrected chi connectivity index (χ1v) is 9.39. The lowest BCUT2D eigenvalue weighted by molar-refractivity contribution is 0.100. The highest BCUT2D eigenvalue weighted by Gasteiger charge is 2.19. The molecule has 4 rings (SSSR count). The van der Waals surface area contributed by atoms with Crippen molar-refractivity contribution >= 4 is 63.5 Å². The van der Waals surface area contributed by atoms with Crippen molar-refractivity contribution in [2.24, 2.45) is 17.8 Å². The number of benzene rings is 2. The molecule has 146 valence electrons. The van der Waals surface area contributed by atoms with E-state index in [0.717, 1.165) is 16.5 Å². The predicted octanol–water partition coefficient (Wildman–Crippen LogP) is 4.80. The highest BCUT2D eigenvalue weighted by atomic mass is 35.5. The number of halogens is 2. The molecule has 0 radical (unpaired) electrons. The van der Waals surface area contributed by atoms with E-state index in [1.54, 1.807) is 30.5 Å². The van der Waals surface area contributed by atoms with Crippen LogP contribution in [0.2, 0.25) is 10.2 Å². The Balaban J connectivity index is 1.72. The van der Waals surface area contributed by atoms with E-state index < -0.39 is 5.91 Å². The number of hydrogen-bond acceptors (Lipinski definition) is 4. The molecule has 0 spiro atoms. The number of carbonyl (C=O) groups is 1. The fourth-order valence-electron chi connectivity index (χ4n) is 3.10. The number of aliphatic imine (C=N–C) groups is 1. The summed E-state index contributed by atoms with van der Waals surface area (Å²) in [5.41, 5.74) is 8.08. The van der Waals surface area contributed by atoms with Crippen LogP contribution in [0.4, 0.5) is 17.3 Å². The fraction of sp³-hybridized carbons (Fsp3) is 0.0500. The summed E-state index contributed by atoms with van der Waals surface area (Å²) in [4.78, 5) is 16.4. The highest BCUT2D eigenvalue weighted by molar-refractivity contribution is 6.34. The van der Waals surface area contributed by atoms with Crippen LogP contribution in [-0.2, 0) is 7.05 Å². The molecule has 1 amide bonds. The van der Waals surface area contributed by atoms with Gasteiger partial charge in [-0.1, -0.05) is 47.5 Å². The minimum Gasteiger partial charge on any atom is -0.365 e. The van der Waals surface area contributed by atoms with Gasteiger partial charge in [0.1, 0.15) is 10.7 Å². The van der Waals surface area contributed by atoms with Gasteiger partial charge in [-0.25, -0.2) is 4.99 Å². The number of rotatable bonds is 5. The molecule has 2 aromatic carbocycles. The predicted molar refractivity (Wildman–Crippen MR) is 117 cm³/mol. The van der Waals surface area contributed by atoms with Crippen LogP contribution in [0.25, 0.3) is 10.9 Å². The van der Waals surface area contributed by atoms with Gasteiger partial charge in [0.2, 0.25) is 0 Å². The third-order valence-electron chi connectivity index (χ3n) is 4.48. The Morgan fingerprint density at radius 1 is 1.24 bits per heavy atom. The van der Waals surface area contributed by atoms with Crippen LogP contribution in [0.15, 0.2) is 53.5 Å². The maximum Gasteiger partial charge on any atom is 0.256 e. The molecule has 0 bridgehead atoms. The van der Waals surface area contributed by atoms with Gasteiger partial charge >= 0.3 is 0 Å². The van der Waals surface area contributed by atoms with Crippen LogP contribution < -0.4 is 11.1 Å². The van der Waals surface area contributed by atoms with E-state index in [1.807, 2.05) is 35.9 Å². The summed E-state index contributed by atoms with van der Waals surface area (Å²) in [5, 5.41) is 11.9. The van der Waals surface area contributed by atoms with E-state index in [2.05, 4.69) is 20.5 Å². The lowest BCUT2D eigenvalue weighted by Crippen LogP contribution is -2.12. The number of anilines is 2. The van der Waals surface area contributed by atoms with Gasteiger partial charge in [-0.2, -0.15) is 5.10 Å². The minimum absolute atomic E-state index is 0.137. The number of para-hydroxylation sites is 1. The summed E-state index contributed by atoms with van der Waals surface area (Å²) in [6.07, 6.45) is 1.59. The number of aromatic nitrogens is 3. The van der Waals surface area contributed by atoms with Gasteiger partial charge in [-0.05, 0) is 24.3 Å². The van der Waals surface area contributed by atoms with Crippen molar-refractivity contribution in [2.75, 3.05) is 5.32 Å².